The number of benzene rings is 1. The van der Waals surface area contributed by atoms with Gasteiger partial charge in [-0.25, -0.2) is 14.5 Å². The Morgan fingerprint density at radius 3 is 2.10 bits per heavy atom. The van der Waals surface area contributed by atoms with Gasteiger partial charge in [-0.05, 0) is 12.1 Å². The van der Waals surface area contributed by atoms with Crippen LogP contribution in [0.15, 0.2) is 53.5 Å². The standard InChI is InChI=1S/C12H10N3O3PS2/c16-19(17,18-10-4-2-1-3-5-10)15(11-13-6-8-20-11)12-14-7-9-21-12/h1-9H,(H,16,17). The highest BCUT2D eigenvalue weighted by Gasteiger charge is 2.36. The van der Waals surface area contributed by atoms with Gasteiger partial charge in [0.05, 0.1) is 0 Å². The van der Waals surface area contributed by atoms with Gasteiger partial charge >= 0.3 is 7.75 Å². The van der Waals surface area contributed by atoms with E-state index in [0.717, 1.165) is 4.67 Å². The molecule has 108 valence electrons. The first-order chi connectivity index (χ1) is 10.2. The molecule has 3 rings (SSSR count). The number of aromatic nitrogens is 2. The van der Waals surface area contributed by atoms with Crippen molar-refractivity contribution < 1.29 is 14.0 Å². The van der Waals surface area contributed by atoms with Gasteiger partial charge in [-0.3, -0.25) is 4.89 Å². The molecule has 6 nitrogen and oxygen atoms in total. The Bertz CT molecular complexity index is 700. The molecule has 0 aliphatic heterocycles. The molecule has 1 unspecified atom stereocenters. The SMILES string of the molecule is O=P(O)(Oc1ccccc1)N(c1nccs1)c1nccs1. The highest BCUT2D eigenvalue weighted by atomic mass is 32.1. The van der Waals surface area contributed by atoms with Crippen LogP contribution in [-0.2, 0) is 4.57 Å². The zero-order chi connectivity index (χ0) is 14.7. The Morgan fingerprint density at radius 1 is 1.05 bits per heavy atom. The number of hydrogen-bond donors (Lipinski definition) is 1. The zero-order valence-corrected chi connectivity index (χ0v) is 13.1. The summed E-state index contributed by atoms with van der Waals surface area (Å²) in [6.45, 7) is 0. The third-order valence-corrected chi connectivity index (χ3v) is 5.54. The highest BCUT2D eigenvalue weighted by molar-refractivity contribution is 7.56. The van der Waals surface area contributed by atoms with E-state index in [9.17, 15) is 9.46 Å². The lowest BCUT2D eigenvalue weighted by atomic mass is 10.3. The van der Waals surface area contributed by atoms with Gasteiger partial charge in [0.1, 0.15) is 5.75 Å². The van der Waals surface area contributed by atoms with Gasteiger partial charge in [0.2, 0.25) is 10.3 Å². The van der Waals surface area contributed by atoms with E-state index >= 15 is 0 Å². The molecule has 1 aromatic carbocycles. The second-order valence-corrected chi connectivity index (χ2v) is 7.15. The molecule has 0 saturated carbocycles. The smallest absolute Gasteiger partial charge is 0.409 e. The molecule has 1 atom stereocenters. The molecule has 0 fully saturated rings. The zero-order valence-electron chi connectivity index (χ0n) is 10.6. The number of nitrogens with zero attached hydrogens (tertiary/aromatic N) is 3. The van der Waals surface area contributed by atoms with Crippen LogP contribution in [0.3, 0.4) is 0 Å². The van der Waals surface area contributed by atoms with E-state index in [2.05, 4.69) is 9.97 Å². The van der Waals surface area contributed by atoms with Gasteiger partial charge in [0.25, 0.3) is 0 Å². The summed E-state index contributed by atoms with van der Waals surface area (Å²) >= 11 is 2.47. The largest absolute Gasteiger partial charge is 0.494 e. The summed E-state index contributed by atoms with van der Waals surface area (Å²) in [6.07, 6.45) is 3.12. The first-order valence-corrected chi connectivity index (χ1v) is 9.13. The lowest BCUT2D eigenvalue weighted by Crippen LogP contribution is -2.16. The molecule has 2 aromatic heterocycles. The summed E-state index contributed by atoms with van der Waals surface area (Å²) in [4.78, 5) is 18.5. The fourth-order valence-corrected chi connectivity index (χ4v) is 4.67. The maximum atomic E-state index is 12.7. The van der Waals surface area contributed by atoms with Crippen molar-refractivity contribution in [2.45, 2.75) is 0 Å². The summed E-state index contributed by atoms with van der Waals surface area (Å²) < 4.78 is 19.1. The molecule has 0 aliphatic carbocycles. The molecule has 9 heteroatoms. The molecule has 0 radical (unpaired) electrons. The summed E-state index contributed by atoms with van der Waals surface area (Å²) in [7, 11) is -4.17. The molecule has 21 heavy (non-hydrogen) atoms. The average Bonchev–Trinajstić information content (AvgIpc) is 3.13. The summed E-state index contributed by atoms with van der Waals surface area (Å²) in [6, 6.07) is 8.49. The first-order valence-electron chi connectivity index (χ1n) is 5.84. The quantitative estimate of drug-likeness (QED) is 0.710. The average molecular weight is 339 g/mol. The van der Waals surface area contributed by atoms with Crippen molar-refractivity contribution in [3.8, 4) is 5.75 Å². The minimum Gasteiger partial charge on any atom is -0.409 e. The molecular formula is C12H10N3O3PS2. The van der Waals surface area contributed by atoms with E-state index in [0.29, 0.717) is 16.0 Å². The Labute approximate surface area is 128 Å². The second-order valence-electron chi connectivity index (χ2n) is 3.84. The first kappa shape index (κ1) is 14.2. The Hall–Kier alpha value is -1.73. The van der Waals surface area contributed by atoms with E-state index < -0.39 is 7.75 Å². The van der Waals surface area contributed by atoms with Gasteiger partial charge < -0.3 is 4.52 Å². The third-order valence-electron chi connectivity index (χ3n) is 2.42. The number of thiazole rings is 2. The van der Waals surface area contributed by atoms with Crippen LogP contribution in [0.2, 0.25) is 0 Å². The van der Waals surface area contributed by atoms with E-state index in [4.69, 9.17) is 4.52 Å². The number of anilines is 2. The summed E-state index contributed by atoms with van der Waals surface area (Å²) in [5.74, 6) is 0.307. The van der Waals surface area contributed by atoms with Gasteiger partial charge in [0, 0.05) is 23.2 Å². The molecule has 0 bridgehead atoms. The third kappa shape index (κ3) is 3.14. The lowest BCUT2D eigenvalue weighted by Gasteiger charge is -2.23. The molecule has 0 saturated heterocycles. The fraction of sp³-hybridized carbons (Fsp3) is 0. The summed E-state index contributed by atoms with van der Waals surface area (Å²) in [5.41, 5.74) is 0. The van der Waals surface area contributed by atoms with Crippen molar-refractivity contribution in [3.63, 3.8) is 0 Å². The fourth-order valence-electron chi connectivity index (χ4n) is 1.60. The summed E-state index contributed by atoms with van der Waals surface area (Å²) in [5, 5.41) is 4.15. The minimum absolute atomic E-state index is 0.307. The van der Waals surface area contributed by atoms with E-state index in [1.165, 1.54) is 22.7 Å². The molecule has 0 spiro atoms. The highest BCUT2D eigenvalue weighted by Crippen LogP contribution is 2.54. The lowest BCUT2D eigenvalue weighted by molar-refractivity contribution is 0.380. The second kappa shape index (κ2) is 5.95. The van der Waals surface area contributed by atoms with Crippen LogP contribution in [0.1, 0.15) is 0 Å². The maximum absolute atomic E-state index is 12.7. The van der Waals surface area contributed by atoms with Crippen LogP contribution in [-0.4, -0.2) is 14.9 Å². The Kier molecular flexibility index (Phi) is 4.03. The van der Waals surface area contributed by atoms with Crippen molar-refractivity contribution in [1.82, 2.24) is 9.97 Å². The van der Waals surface area contributed by atoms with Crippen LogP contribution in [0.25, 0.3) is 0 Å². The maximum Gasteiger partial charge on any atom is 0.494 e. The van der Waals surface area contributed by atoms with Gasteiger partial charge in [-0.15, -0.1) is 22.7 Å². The topological polar surface area (TPSA) is 75.6 Å². The molecule has 0 amide bonds. The van der Waals surface area contributed by atoms with Crippen molar-refractivity contribution in [3.05, 3.63) is 53.5 Å². The van der Waals surface area contributed by atoms with Gasteiger partial charge in [0.15, 0.2) is 0 Å². The van der Waals surface area contributed by atoms with Crippen LogP contribution in [0.4, 0.5) is 10.3 Å². The van der Waals surface area contributed by atoms with Gasteiger partial charge in [-0.2, -0.15) is 4.67 Å². The minimum atomic E-state index is -4.17. The number of hydrogen-bond acceptors (Lipinski definition) is 6. The van der Waals surface area contributed by atoms with Crippen LogP contribution < -0.4 is 9.19 Å². The molecule has 0 aliphatic rings. The Morgan fingerprint density at radius 2 is 1.62 bits per heavy atom. The monoisotopic (exact) mass is 339 g/mol. The number of para-hydroxylation sites is 1. The van der Waals surface area contributed by atoms with Crippen molar-refractivity contribution in [2.24, 2.45) is 0 Å². The molecule has 2 heterocycles. The predicted octanol–water partition coefficient (Wildman–Crippen LogP) is 3.92. The van der Waals surface area contributed by atoms with E-state index in [-0.39, 0.29) is 0 Å². The predicted molar refractivity (Wildman–Crippen MR) is 83.3 cm³/mol. The van der Waals surface area contributed by atoms with E-state index in [1.807, 2.05) is 0 Å². The van der Waals surface area contributed by atoms with Crippen LogP contribution >= 0.6 is 30.4 Å². The molecule has 3 aromatic rings. The molecular weight excluding hydrogens is 329 g/mol. The molecule has 1 N–H and O–H groups in total. The van der Waals surface area contributed by atoms with Crippen LogP contribution in [0.5, 0.6) is 5.75 Å². The van der Waals surface area contributed by atoms with Crippen LogP contribution in [0, 0.1) is 0 Å². The van der Waals surface area contributed by atoms with E-state index in [1.54, 1.807) is 53.5 Å². The Balaban J connectivity index is 1.98. The van der Waals surface area contributed by atoms with Crippen molar-refractivity contribution in [1.29, 1.82) is 0 Å². The van der Waals surface area contributed by atoms with Crippen molar-refractivity contribution in [2.75, 3.05) is 4.67 Å². The van der Waals surface area contributed by atoms with Crippen molar-refractivity contribution >= 4 is 40.7 Å². The van der Waals surface area contributed by atoms with Gasteiger partial charge in [-0.1, -0.05) is 18.2 Å². The number of rotatable bonds is 5. The normalized spacial score (nSPS) is 13.6.